The quantitative estimate of drug-likeness (QED) is 0.315. The van der Waals surface area contributed by atoms with Gasteiger partial charge in [-0.1, -0.05) is 64.7 Å². The Morgan fingerprint density at radius 3 is 1.86 bits per heavy atom. The lowest BCUT2D eigenvalue weighted by molar-refractivity contribution is 0.204. The van der Waals surface area contributed by atoms with Crippen LogP contribution in [0.3, 0.4) is 0 Å². The monoisotopic (exact) mass is 295 g/mol. The summed E-state index contributed by atoms with van der Waals surface area (Å²) in [6.07, 6.45) is 16.3. The van der Waals surface area contributed by atoms with E-state index in [1.54, 1.807) is 0 Å². The summed E-state index contributed by atoms with van der Waals surface area (Å²) in [6.45, 7) is 5.81. The molecule has 1 saturated heterocycles. The zero-order valence-corrected chi connectivity index (χ0v) is 14.2. The van der Waals surface area contributed by atoms with Crippen molar-refractivity contribution >= 4 is 5.84 Å². The Kier molecular flexibility index (Phi) is 10.6. The second-order valence-electron chi connectivity index (χ2n) is 6.75. The molecule has 1 heterocycles. The molecule has 0 radical (unpaired) electrons. The summed E-state index contributed by atoms with van der Waals surface area (Å²) in [4.78, 5) is 2.56. The van der Waals surface area contributed by atoms with Gasteiger partial charge in [-0.05, 0) is 38.9 Å². The molecule has 1 fully saturated rings. The summed E-state index contributed by atoms with van der Waals surface area (Å²) in [6, 6.07) is 0. The lowest BCUT2D eigenvalue weighted by atomic mass is 9.95. The fourth-order valence-corrected chi connectivity index (χ4v) is 3.29. The van der Waals surface area contributed by atoms with E-state index in [1.807, 2.05) is 0 Å². The van der Waals surface area contributed by atoms with Crippen molar-refractivity contribution < 1.29 is 0 Å². The second kappa shape index (κ2) is 12.0. The van der Waals surface area contributed by atoms with E-state index in [-0.39, 0.29) is 0 Å². The maximum absolute atomic E-state index is 7.50. The summed E-state index contributed by atoms with van der Waals surface area (Å²) >= 11 is 0. The molecule has 0 aromatic carbocycles. The van der Waals surface area contributed by atoms with Crippen LogP contribution in [0.25, 0.3) is 0 Å². The van der Waals surface area contributed by atoms with Crippen molar-refractivity contribution in [2.45, 2.75) is 84.0 Å². The minimum absolute atomic E-state index is 0.356. The Bertz CT molecular complexity index is 257. The molecule has 3 nitrogen and oxygen atoms in total. The minimum Gasteiger partial charge on any atom is -0.387 e. The number of nitrogens with one attached hydrogen (secondary N) is 1. The summed E-state index contributed by atoms with van der Waals surface area (Å²) in [7, 11) is 0. The van der Waals surface area contributed by atoms with E-state index < -0.39 is 0 Å². The van der Waals surface area contributed by atoms with Gasteiger partial charge in [0.05, 0.1) is 5.84 Å². The van der Waals surface area contributed by atoms with Crippen molar-refractivity contribution in [1.29, 1.82) is 5.41 Å². The van der Waals surface area contributed by atoms with Gasteiger partial charge in [-0.25, -0.2) is 0 Å². The van der Waals surface area contributed by atoms with E-state index in [0.717, 1.165) is 25.9 Å². The fraction of sp³-hybridized carbons (Fsp3) is 0.944. The van der Waals surface area contributed by atoms with Crippen LogP contribution in [0.4, 0.5) is 0 Å². The van der Waals surface area contributed by atoms with Crippen LogP contribution in [0.15, 0.2) is 0 Å². The van der Waals surface area contributed by atoms with Gasteiger partial charge in [-0.3, -0.25) is 5.41 Å². The average molecular weight is 296 g/mol. The minimum atomic E-state index is 0.356. The van der Waals surface area contributed by atoms with Crippen LogP contribution < -0.4 is 5.73 Å². The Balaban J connectivity index is 1.84. The molecular weight excluding hydrogens is 258 g/mol. The van der Waals surface area contributed by atoms with Crippen LogP contribution in [0.2, 0.25) is 0 Å². The predicted molar refractivity (Wildman–Crippen MR) is 92.9 cm³/mol. The van der Waals surface area contributed by atoms with Gasteiger partial charge in [0.25, 0.3) is 0 Å². The van der Waals surface area contributed by atoms with Gasteiger partial charge < -0.3 is 10.6 Å². The third kappa shape index (κ3) is 9.13. The van der Waals surface area contributed by atoms with Crippen LogP contribution in [0, 0.1) is 11.3 Å². The van der Waals surface area contributed by atoms with Crippen molar-refractivity contribution in [2.75, 3.05) is 19.6 Å². The van der Waals surface area contributed by atoms with Crippen molar-refractivity contribution in [1.82, 2.24) is 4.90 Å². The first-order chi connectivity index (χ1) is 10.2. The number of amidine groups is 1. The molecule has 124 valence electrons. The molecule has 1 aliphatic heterocycles. The first kappa shape index (κ1) is 18.5. The van der Waals surface area contributed by atoms with Crippen molar-refractivity contribution in [3.05, 3.63) is 0 Å². The number of rotatable bonds is 12. The first-order valence-electron chi connectivity index (χ1n) is 9.30. The molecule has 0 amide bonds. The molecule has 0 spiro atoms. The largest absolute Gasteiger partial charge is 0.387 e. The molecule has 0 aliphatic carbocycles. The van der Waals surface area contributed by atoms with Gasteiger partial charge in [0, 0.05) is 5.92 Å². The lowest BCUT2D eigenvalue weighted by Crippen LogP contribution is -2.38. The summed E-state index contributed by atoms with van der Waals surface area (Å²) in [5, 5.41) is 7.50. The highest BCUT2D eigenvalue weighted by Crippen LogP contribution is 2.17. The number of unbranched alkanes of at least 4 members (excludes halogenated alkanes) is 9. The molecule has 3 N–H and O–H groups in total. The van der Waals surface area contributed by atoms with Gasteiger partial charge in [0.15, 0.2) is 0 Å². The smallest absolute Gasteiger partial charge is 0.0937 e. The number of hydrogen-bond acceptors (Lipinski definition) is 2. The molecule has 3 heteroatoms. The van der Waals surface area contributed by atoms with E-state index in [9.17, 15) is 0 Å². The first-order valence-corrected chi connectivity index (χ1v) is 9.30. The molecular formula is C18H37N3. The third-order valence-corrected chi connectivity index (χ3v) is 4.86. The Hall–Kier alpha value is -0.570. The molecule has 0 aromatic rings. The molecule has 0 saturated carbocycles. The summed E-state index contributed by atoms with van der Waals surface area (Å²) in [5.41, 5.74) is 5.58. The van der Waals surface area contributed by atoms with Gasteiger partial charge in [0.1, 0.15) is 0 Å². The highest BCUT2D eigenvalue weighted by Gasteiger charge is 2.20. The average Bonchev–Trinajstić information content (AvgIpc) is 2.49. The molecule has 1 rings (SSSR count). The van der Waals surface area contributed by atoms with Gasteiger partial charge in [0.2, 0.25) is 0 Å². The predicted octanol–water partition coefficient (Wildman–Crippen LogP) is 4.56. The lowest BCUT2D eigenvalue weighted by Gasteiger charge is -2.31. The van der Waals surface area contributed by atoms with Gasteiger partial charge >= 0.3 is 0 Å². The molecule has 21 heavy (non-hydrogen) atoms. The molecule has 0 aromatic heterocycles. The summed E-state index contributed by atoms with van der Waals surface area (Å²) < 4.78 is 0. The highest BCUT2D eigenvalue weighted by atomic mass is 15.1. The number of piperidine rings is 1. The van der Waals surface area contributed by atoms with Crippen LogP contribution in [0.5, 0.6) is 0 Å². The van der Waals surface area contributed by atoms with Crippen LogP contribution >= 0.6 is 0 Å². The number of hydrogen-bond donors (Lipinski definition) is 2. The van der Waals surface area contributed by atoms with Crippen molar-refractivity contribution in [3.8, 4) is 0 Å². The van der Waals surface area contributed by atoms with E-state index in [1.165, 1.54) is 70.8 Å². The van der Waals surface area contributed by atoms with Crippen molar-refractivity contribution in [2.24, 2.45) is 11.7 Å². The Morgan fingerprint density at radius 1 is 0.905 bits per heavy atom. The van der Waals surface area contributed by atoms with E-state index in [4.69, 9.17) is 11.1 Å². The van der Waals surface area contributed by atoms with Crippen molar-refractivity contribution in [3.63, 3.8) is 0 Å². The Labute approximate surface area is 132 Å². The number of nitrogens with zero attached hydrogens (tertiary/aromatic N) is 1. The maximum Gasteiger partial charge on any atom is 0.0937 e. The fourth-order valence-electron chi connectivity index (χ4n) is 3.29. The van der Waals surface area contributed by atoms with Crippen LogP contribution in [-0.2, 0) is 0 Å². The normalized spacial score (nSPS) is 17.2. The zero-order chi connectivity index (χ0) is 15.3. The second-order valence-corrected chi connectivity index (χ2v) is 6.75. The standard InChI is InChI=1S/C18H37N3/c1-2-3-4-5-6-7-8-9-10-11-14-21-15-12-17(13-16-21)18(19)20/h17H,2-16H2,1H3,(H3,19,20). The maximum atomic E-state index is 7.50. The number of nitrogens with two attached hydrogens (primary N) is 1. The molecule has 0 bridgehead atoms. The SMILES string of the molecule is CCCCCCCCCCCCN1CCC(C(=N)N)CC1. The molecule has 0 atom stereocenters. The van der Waals surface area contributed by atoms with Crippen LogP contribution in [0.1, 0.15) is 84.0 Å². The molecule has 1 aliphatic rings. The van der Waals surface area contributed by atoms with E-state index in [0.29, 0.717) is 11.8 Å². The highest BCUT2D eigenvalue weighted by molar-refractivity contribution is 5.79. The summed E-state index contributed by atoms with van der Waals surface area (Å²) in [5.74, 6) is 0.752. The van der Waals surface area contributed by atoms with E-state index >= 15 is 0 Å². The molecule has 0 unspecified atom stereocenters. The third-order valence-electron chi connectivity index (χ3n) is 4.86. The number of likely N-dealkylation sites (tertiary alicyclic amines) is 1. The van der Waals surface area contributed by atoms with Crippen LogP contribution in [-0.4, -0.2) is 30.4 Å². The topological polar surface area (TPSA) is 53.1 Å². The van der Waals surface area contributed by atoms with Gasteiger partial charge in [-0.15, -0.1) is 0 Å². The van der Waals surface area contributed by atoms with Gasteiger partial charge in [-0.2, -0.15) is 0 Å². The zero-order valence-electron chi connectivity index (χ0n) is 14.2. The Morgan fingerprint density at radius 2 is 1.38 bits per heavy atom. The van der Waals surface area contributed by atoms with E-state index in [2.05, 4.69) is 11.8 Å².